The number of nitrogens with zero attached hydrogens (tertiary/aromatic N) is 2. The molecule has 4 nitrogen and oxygen atoms in total. The molecule has 1 rings (SSSR count). The van der Waals surface area contributed by atoms with E-state index in [0.717, 1.165) is 0 Å². The van der Waals surface area contributed by atoms with E-state index in [2.05, 4.69) is 15.3 Å². The van der Waals surface area contributed by atoms with Gasteiger partial charge in [0.05, 0.1) is 6.54 Å². The Labute approximate surface area is 64.7 Å². The van der Waals surface area contributed by atoms with Gasteiger partial charge in [-0.2, -0.15) is 0 Å². The first-order chi connectivity index (χ1) is 5.29. The highest BCUT2D eigenvalue weighted by molar-refractivity contribution is 5.72. The lowest BCUT2D eigenvalue weighted by Gasteiger charge is -1.98. The van der Waals surface area contributed by atoms with E-state index >= 15 is 0 Å². The first kappa shape index (κ1) is 7.65. The zero-order chi connectivity index (χ0) is 8.10. The van der Waals surface area contributed by atoms with Crippen molar-refractivity contribution in [2.75, 3.05) is 0 Å². The van der Waals surface area contributed by atoms with Gasteiger partial charge in [-0.1, -0.05) is 0 Å². The van der Waals surface area contributed by atoms with Crippen LogP contribution in [-0.4, -0.2) is 15.9 Å². The van der Waals surface area contributed by atoms with Crippen LogP contribution in [0.25, 0.3) is 0 Å². The van der Waals surface area contributed by atoms with E-state index in [1.165, 1.54) is 6.92 Å². The summed E-state index contributed by atoms with van der Waals surface area (Å²) < 4.78 is 0. The molecule has 1 aromatic rings. The van der Waals surface area contributed by atoms with E-state index < -0.39 is 0 Å². The molecule has 11 heavy (non-hydrogen) atoms. The maximum absolute atomic E-state index is 10.5. The average molecular weight is 151 g/mol. The van der Waals surface area contributed by atoms with Crippen molar-refractivity contribution in [3.05, 3.63) is 24.3 Å². The summed E-state index contributed by atoms with van der Waals surface area (Å²) in [5.41, 5.74) is 0. The Morgan fingerprint density at radius 1 is 1.55 bits per heavy atom. The van der Waals surface area contributed by atoms with Crippen molar-refractivity contribution in [2.45, 2.75) is 13.5 Å². The summed E-state index contributed by atoms with van der Waals surface area (Å²) in [7, 11) is 0. The van der Waals surface area contributed by atoms with E-state index in [-0.39, 0.29) is 5.91 Å². The summed E-state index contributed by atoms with van der Waals surface area (Å²) in [6.07, 6.45) is 3.29. The van der Waals surface area contributed by atoms with Gasteiger partial charge in [0.2, 0.25) is 5.91 Å². The molecule has 0 aliphatic heterocycles. The van der Waals surface area contributed by atoms with Crippen LogP contribution in [0.2, 0.25) is 0 Å². The molecule has 0 atom stereocenters. The van der Waals surface area contributed by atoms with Crippen molar-refractivity contribution in [1.82, 2.24) is 15.3 Å². The van der Waals surface area contributed by atoms with Gasteiger partial charge < -0.3 is 5.32 Å². The predicted octanol–water partition coefficient (Wildman–Crippen LogP) is 0.113. The molecule has 0 saturated heterocycles. The molecule has 1 heterocycles. The fraction of sp³-hybridized carbons (Fsp3) is 0.286. The quantitative estimate of drug-likeness (QED) is 0.652. The molecule has 0 fully saturated rings. The summed E-state index contributed by atoms with van der Waals surface area (Å²) in [4.78, 5) is 18.3. The predicted molar refractivity (Wildman–Crippen MR) is 39.6 cm³/mol. The first-order valence-corrected chi connectivity index (χ1v) is 3.29. The zero-order valence-corrected chi connectivity index (χ0v) is 6.24. The third kappa shape index (κ3) is 2.75. The number of carbonyl (C=O) groups is 1. The Morgan fingerprint density at radius 2 is 2.18 bits per heavy atom. The van der Waals surface area contributed by atoms with Crippen LogP contribution in [0.4, 0.5) is 0 Å². The smallest absolute Gasteiger partial charge is 0.217 e. The van der Waals surface area contributed by atoms with Crippen molar-refractivity contribution < 1.29 is 4.79 Å². The Bertz CT molecular complexity index is 235. The molecule has 1 aromatic heterocycles. The largest absolute Gasteiger partial charge is 0.349 e. The van der Waals surface area contributed by atoms with Crippen LogP contribution in [0.15, 0.2) is 18.5 Å². The summed E-state index contributed by atoms with van der Waals surface area (Å²) in [5, 5.41) is 2.60. The molecule has 0 aliphatic rings. The monoisotopic (exact) mass is 151 g/mol. The molecular formula is C7H9N3O. The van der Waals surface area contributed by atoms with Gasteiger partial charge in [0.15, 0.2) is 0 Å². The van der Waals surface area contributed by atoms with Crippen molar-refractivity contribution >= 4 is 5.91 Å². The van der Waals surface area contributed by atoms with Gasteiger partial charge in [0.1, 0.15) is 5.82 Å². The van der Waals surface area contributed by atoms with Gasteiger partial charge >= 0.3 is 0 Å². The van der Waals surface area contributed by atoms with Crippen molar-refractivity contribution in [3.63, 3.8) is 0 Å². The number of amides is 1. The lowest BCUT2D eigenvalue weighted by atomic mass is 10.5. The summed E-state index contributed by atoms with van der Waals surface area (Å²) >= 11 is 0. The summed E-state index contributed by atoms with van der Waals surface area (Å²) in [5.74, 6) is 0.556. The fourth-order valence-corrected chi connectivity index (χ4v) is 0.625. The van der Waals surface area contributed by atoms with Gasteiger partial charge in [-0.05, 0) is 6.07 Å². The van der Waals surface area contributed by atoms with E-state index in [9.17, 15) is 4.79 Å². The highest BCUT2D eigenvalue weighted by Gasteiger charge is 1.93. The maximum Gasteiger partial charge on any atom is 0.217 e. The van der Waals surface area contributed by atoms with Crippen molar-refractivity contribution in [3.8, 4) is 0 Å². The Balaban J connectivity index is 2.45. The van der Waals surface area contributed by atoms with Gasteiger partial charge in [0.25, 0.3) is 0 Å². The standard InChI is InChI=1S/C7H9N3O/c1-6(11)10-5-7-8-3-2-4-9-7/h2-4H,5H2,1H3,(H,10,11). The second-order valence-electron chi connectivity index (χ2n) is 2.07. The van der Waals surface area contributed by atoms with Crippen LogP contribution < -0.4 is 5.32 Å². The Morgan fingerprint density at radius 3 is 2.73 bits per heavy atom. The minimum absolute atomic E-state index is 0.0718. The SMILES string of the molecule is CC(=O)NCc1ncccn1. The molecule has 0 unspecified atom stereocenters. The normalized spacial score (nSPS) is 9.18. The highest BCUT2D eigenvalue weighted by Crippen LogP contribution is 1.84. The number of nitrogens with one attached hydrogen (secondary N) is 1. The maximum atomic E-state index is 10.5. The molecule has 0 bridgehead atoms. The van der Waals surface area contributed by atoms with E-state index in [0.29, 0.717) is 12.4 Å². The van der Waals surface area contributed by atoms with Crippen molar-refractivity contribution in [2.24, 2.45) is 0 Å². The number of rotatable bonds is 2. The molecule has 1 amide bonds. The second kappa shape index (κ2) is 3.65. The molecular weight excluding hydrogens is 142 g/mol. The number of hydrogen-bond donors (Lipinski definition) is 1. The number of aromatic nitrogens is 2. The summed E-state index contributed by atoms with van der Waals surface area (Å²) in [6.45, 7) is 1.86. The second-order valence-corrected chi connectivity index (χ2v) is 2.07. The minimum Gasteiger partial charge on any atom is -0.349 e. The highest BCUT2D eigenvalue weighted by atomic mass is 16.1. The molecule has 0 aromatic carbocycles. The van der Waals surface area contributed by atoms with Crippen molar-refractivity contribution in [1.29, 1.82) is 0 Å². The van der Waals surface area contributed by atoms with E-state index in [1.807, 2.05) is 0 Å². The van der Waals surface area contributed by atoms with Gasteiger partial charge in [-0.25, -0.2) is 9.97 Å². The molecule has 58 valence electrons. The molecule has 0 radical (unpaired) electrons. The minimum atomic E-state index is -0.0718. The molecule has 4 heteroatoms. The number of hydrogen-bond acceptors (Lipinski definition) is 3. The van der Waals surface area contributed by atoms with Gasteiger partial charge in [0, 0.05) is 19.3 Å². The summed E-state index contributed by atoms with van der Waals surface area (Å²) in [6, 6.07) is 1.73. The zero-order valence-electron chi connectivity index (χ0n) is 6.24. The number of carbonyl (C=O) groups excluding carboxylic acids is 1. The lowest BCUT2D eigenvalue weighted by molar-refractivity contribution is -0.119. The van der Waals surface area contributed by atoms with Crippen LogP contribution in [0.1, 0.15) is 12.7 Å². The lowest BCUT2D eigenvalue weighted by Crippen LogP contribution is -2.20. The fourth-order valence-electron chi connectivity index (χ4n) is 0.625. The van der Waals surface area contributed by atoms with Crippen LogP contribution in [-0.2, 0) is 11.3 Å². The Hall–Kier alpha value is -1.45. The van der Waals surface area contributed by atoms with Crippen LogP contribution >= 0.6 is 0 Å². The van der Waals surface area contributed by atoms with Crippen LogP contribution in [0.5, 0.6) is 0 Å². The van der Waals surface area contributed by atoms with Crippen LogP contribution in [0.3, 0.4) is 0 Å². The molecule has 0 aliphatic carbocycles. The van der Waals surface area contributed by atoms with E-state index in [4.69, 9.17) is 0 Å². The average Bonchev–Trinajstić information content (AvgIpc) is 2.03. The topological polar surface area (TPSA) is 54.9 Å². The van der Waals surface area contributed by atoms with Gasteiger partial charge in [-0.3, -0.25) is 4.79 Å². The molecule has 0 saturated carbocycles. The first-order valence-electron chi connectivity index (χ1n) is 3.29. The third-order valence-electron chi connectivity index (χ3n) is 1.11. The third-order valence-corrected chi connectivity index (χ3v) is 1.11. The molecule has 1 N–H and O–H groups in total. The van der Waals surface area contributed by atoms with Gasteiger partial charge in [-0.15, -0.1) is 0 Å². The van der Waals surface area contributed by atoms with Crippen LogP contribution in [0, 0.1) is 0 Å². The van der Waals surface area contributed by atoms with E-state index in [1.54, 1.807) is 18.5 Å². The molecule has 0 spiro atoms. The Kier molecular flexibility index (Phi) is 2.54.